The van der Waals surface area contributed by atoms with Crippen LogP contribution in [0.4, 0.5) is 0 Å². The van der Waals surface area contributed by atoms with Gasteiger partial charge in [0.2, 0.25) is 17.7 Å². The summed E-state index contributed by atoms with van der Waals surface area (Å²) in [6.07, 6.45) is 0.891. The average molecular weight is 443 g/mol. The predicted octanol–water partition coefficient (Wildman–Crippen LogP) is 1.89. The Labute approximate surface area is 181 Å². The standard InChI is InChI=1S/C20H33N3O8/c1-19(2,29-13-10-20(3,4)30-14-12-22-28)9-11-21-15(24)5-8-18(27)31-23-16(25)6-7-17(23)26/h6-7,25-26H,5,8-14H2,1-4H3,(H,21,24). The van der Waals surface area contributed by atoms with Crippen molar-refractivity contribution in [1.29, 1.82) is 0 Å². The highest BCUT2D eigenvalue weighted by molar-refractivity contribution is 5.81. The Kier molecular flexibility index (Phi) is 10.4. The van der Waals surface area contributed by atoms with Gasteiger partial charge >= 0.3 is 5.97 Å². The fourth-order valence-electron chi connectivity index (χ4n) is 2.53. The van der Waals surface area contributed by atoms with Gasteiger partial charge in [-0.2, -0.15) is 4.91 Å². The Morgan fingerprint density at radius 3 is 2.19 bits per heavy atom. The lowest BCUT2D eigenvalue weighted by Gasteiger charge is -2.29. The van der Waals surface area contributed by atoms with E-state index < -0.39 is 28.9 Å². The third-order valence-electron chi connectivity index (χ3n) is 4.47. The summed E-state index contributed by atoms with van der Waals surface area (Å²) < 4.78 is 12.1. The maximum absolute atomic E-state index is 11.9. The van der Waals surface area contributed by atoms with E-state index in [4.69, 9.17) is 14.3 Å². The minimum absolute atomic E-state index is 0.0932. The maximum Gasteiger partial charge on any atom is 0.333 e. The smallest absolute Gasteiger partial charge is 0.333 e. The number of rotatable bonds is 15. The lowest BCUT2D eigenvalue weighted by atomic mass is 10.0. The average Bonchev–Trinajstić information content (AvgIpc) is 2.98. The monoisotopic (exact) mass is 443 g/mol. The molecule has 1 aromatic heterocycles. The number of amides is 1. The van der Waals surface area contributed by atoms with Crippen LogP contribution in [-0.2, 0) is 19.1 Å². The molecular weight excluding hydrogens is 410 g/mol. The molecule has 1 amide bonds. The summed E-state index contributed by atoms with van der Waals surface area (Å²) in [7, 11) is 0. The molecule has 3 N–H and O–H groups in total. The molecule has 0 aliphatic heterocycles. The Balaban J connectivity index is 2.23. The van der Waals surface area contributed by atoms with E-state index in [0.717, 1.165) is 0 Å². The zero-order valence-electron chi connectivity index (χ0n) is 18.5. The summed E-state index contributed by atoms with van der Waals surface area (Å²) in [4.78, 5) is 38.6. The molecule has 0 saturated heterocycles. The van der Waals surface area contributed by atoms with E-state index >= 15 is 0 Å². The van der Waals surface area contributed by atoms with Crippen molar-refractivity contribution in [2.75, 3.05) is 26.3 Å². The summed E-state index contributed by atoms with van der Waals surface area (Å²) in [5.74, 6) is -1.95. The van der Waals surface area contributed by atoms with E-state index in [2.05, 4.69) is 10.5 Å². The third kappa shape index (κ3) is 10.8. The first-order chi connectivity index (χ1) is 14.5. The molecule has 1 rings (SSSR count). The van der Waals surface area contributed by atoms with Crippen molar-refractivity contribution in [2.24, 2.45) is 5.18 Å². The van der Waals surface area contributed by atoms with Gasteiger partial charge in [0.1, 0.15) is 6.54 Å². The van der Waals surface area contributed by atoms with Crippen LogP contribution in [0.5, 0.6) is 11.8 Å². The summed E-state index contributed by atoms with van der Waals surface area (Å²) in [6.45, 7) is 8.86. The predicted molar refractivity (Wildman–Crippen MR) is 112 cm³/mol. The van der Waals surface area contributed by atoms with E-state index in [1.54, 1.807) is 0 Å². The van der Waals surface area contributed by atoms with Gasteiger partial charge in [0, 0.05) is 25.1 Å². The first kappa shape index (κ1) is 26.4. The Morgan fingerprint density at radius 2 is 1.58 bits per heavy atom. The minimum atomic E-state index is -0.769. The van der Waals surface area contributed by atoms with Gasteiger partial charge in [-0.05, 0) is 40.5 Å². The van der Waals surface area contributed by atoms with Gasteiger partial charge in [0.25, 0.3) is 0 Å². The van der Waals surface area contributed by atoms with Crippen molar-refractivity contribution in [3.05, 3.63) is 17.0 Å². The van der Waals surface area contributed by atoms with Crippen LogP contribution >= 0.6 is 0 Å². The summed E-state index contributed by atoms with van der Waals surface area (Å²) >= 11 is 0. The molecule has 0 spiro atoms. The highest BCUT2D eigenvalue weighted by atomic mass is 16.7. The number of ether oxygens (including phenoxy) is 2. The molecule has 0 saturated carbocycles. The highest BCUT2D eigenvalue weighted by Crippen LogP contribution is 2.20. The van der Waals surface area contributed by atoms with Crippen molar-refractivity contribution in [2.45, 2.75) is 64.6 Å². The molecule has 11 nitrogen and oxygen atoms in total. The normalized spacial score (nSPS) is 11.9. The molecule has 1 heterocycles. The van der Waals surface area contributed by atoms with E-state index in [1.807, 2.05) is 27.7 Å². The van der Waals surface area contributed by atoms with Crippen LogP contribution in [-0.4, -0.2) is 64.3 Å². The molecule has 0 unspecified atom stereocenters. The quantitative estimate of drug-likeness (QED) is 0.275. The highest BCUT2D eigenvalue weighted by Gasteiger charge is 2.23. The van der Waals surface area contributed by atoms with Crippen molar-refractivity contribution >= 4 is 11.9 Å². The van der Waals surface area contributed by atoms with Gasteiger partial charge in [-0.3, -0.25) is 4.79 Å². The molecule has 0 fully saturated rings. The van der Waals surface area contributed by atoms with E-state index in [9.17, 15) is 24.7 Å². The van der Waals surface area contributed by atoms with Crippen LogP contribution in [0.2, 0.25) is 0 Å². The van der Waals surface area contributed by atoms with Crippen molar-refractivity contribution in [1.82, 2.24) is 10.0 Å². The molecule has 176 valence electrons. The molecule has 31 heavy (non-hydrogen) atoms. The van der Waals surface area contributed by atoms with Crippen LogP contribution in [0.1, 0.15) is 53.4 Å². The molecule has 0 atom stereocenters. The fraction of sp³-hybridized carbons (Fsp3) is 0.700. The van der Waals surface area contributed by atoms with E-state index in [1.165, 1.54) is 12.1 Å². The summed E-state index contributed by atoms with van der Waals surface area (Å²) in [5, 5.41) is 24.3. The van der Waals surface area contributed by atoms with Gasteiger partial charge in [0.05, 0.1) is 30.8 Å². The molecule has 0 aromatic carbocycles. The fourth-order valence-corrected chi connectivity index (χ4v) is 2.53. The van der Waals surface area contributed by atoms with Crippen LogP contribution in [0.3, 0.4) is 0 Å². The Bertz CT molecular complexity index is 711. The molecular formula is C20H33N3O8. The third-order valence-corrected chi connectivity index (χ3v) is 4.47. The van der Waals surface area contributed by atoms with E-state index in [-0.39, 0.29) is 31.9 Å². The Morgan fingerprint density at radius 1 is 1.00 bits per heavy atom. The molecule has 11 heteroatoms. The number of nitrogens with zero attached hydrogens (tertiary/aromatic N) is 2. The number of aromatic nitrogens is 1. The van der Waals surface area contributed by atoms with Crippen molar-refractivity contribution < 1.29 is 34.1 Å². The van der Waals surface area contributed by atoms with Crippen LogP contribution in [0.25, 0.3) is 0 Å². The lowest BCUT2D eigenvalue weighted by Crippen LogP contribution is -2.35. The number of aromatic hydroxyl groups is 2. The zero-order valence-corrected chi connectivity index (χ0v) is 18.5. The van der Waals surface area contributed by atoms with Gasteiger partial charge in [0.15, 0.2) is 0 Å². The minimum Gasteiger partial charge on any atom is -0.492 e. The molecule has 0 radical (unpaired) electrons. The first-order valence-electron chi connectivity index (χ1n) is 10.1. The molecule has 0 bridgehead atoms. The number of carbonyl (C=O) groups excluding carboxylic acids is 2. The maximum atomic E-state index is 11.9. The largest absolute Gasteiger partial charge is 0.492 e. The van der Waals surface area contributed by atoms with Gasteiger partial charge in [-0.1, -0.05) is 5.18 Å². The van der Waals surface area contributed by atoms with Crippen LogP contribution < -0.4 is 10.2 Å². The van der Waals surface area contributed by atoms with Crippen molar-refractivity contribution in [3.8, 4) is 11.8 Å². The van der Waals surface area contributed by atoms with Gasteiger partial charge in [-0.25, -0.2) is 4.79 Å². The zero-order chi connectivity index (χ0) is 23.5. The molecule has 1 aromatic rings. The second-order valence-electron chi connectivity index (χ2n) is 8.23. The molecule has 0 aliphatic carbocycles. The second-order valence-corrected chi connectivity index (χ2v) is 8.23. The number of hydrogen-bond donors (Lipinski definition) is 3. The summed E-state index contributed by atoms with van der Waals surface area (Å²) in [6, 6.07) is 2.33. The molecule has 0 aliphatic rings. The lowest BCUT2D eigenvalue weighted by molar-refractivity contribution is -0.146. The van der Waals surface area contributed by atoms with Crippen molar-refractivity contribution in [3.63, 3.8) is 0 Å². The number of nitroso groups, excluding NO2 is 1. The number of nitrogens with one attached hydrogen (secondary N) is 1. The van der Waals surface area contributed by atoms with Gasteiger partial charge in [-0.15, -0.1) is 4.73 Å². The van der Waals surface area contributed by atoms with E-state index in [0.29, 0.717) is 30.7 Å². The van der Waals surface area contributed by atoms with Crippen LogP contribution in [0, 0.1) is 4.91 Å². The van der Waals surface area contributed by atoms with Crippen LogP contribution in [0.15, 0.2) is 17.3 Å². The Hall–Kier alpha value is -2.66. The number of hydrogen-bond acceptors (Lipinski definition) is 9. The SMILES string of the molecule is CC(C)(CCNC(=O)CCC(=O)On1c(O)ccc1O)OCCC(C)(C)OCCN=O. The second kappa shape index (κ2) is 12.3. The number of carbonyl (C=O) groups is 2. The van der Waals surface area contributed by atoms with Gasteiger partial charge < -0.3 is 29.8 Å². The summed E-state index contributed by atoms with van der Waals surface area (Å²) in [5.41, 5.74) is -0.909. The first-order valence-corrected chi connectivity index (χ1v) is 10.1. The topological polar surface area (TPSA) is 149 Å².